The summed E-state index contributed by atoms with van der Waals surface area (Å²) in [5.41, 5.74) is 2.22. The van der Waals surface area contributed by atoms with Crippen molar-refractivity contribution in [1.82, 2.24) is 10.2 Å². The van der Waals surface area contributed by atoms with Crippen molar-refractivity contribution in [2.45, 2.75) is 24.8 Å². The molecule has 1 fully saturated rings. The Labute approximate surface area is 239 Å². The van der Waals surface area contributed by atoms with E-state index in [4.69, 9.17) is 4.42 Å². The maximum absolute atomic E-state index is 13.8. The third-order valence-electron chi connectivity index (χ3n) is 6.12. The molecule has 4 amide bonds. The number of urea groups is 1. The van der Waals surface area contributed by atoms with Gasteiger partial charge in [-0.15, -0.1) is 0 Å². The molecule has 2 heterocycles. The van der Waals surface area contributed by atoms with Gasteiger partial charge in [-0.3, -0.25) is 14.5 Å². The molecule has 1 aliphatic heterocycles. The van der Waals surface area contributed by atoms with Crippen LogP contribution in [0.2, 0.25) is 0 Å². The second-order valence-electron chi connectivity index (χ2n) is 9.17. The van der Waals surface area contributed by atoms with Crippen LogP contribution in [0, 0.1) is 5.82 Å². The van der Waals surface area contributed by atoms with Gasteiger partial charge in [-0.1, -0.05) is 48.2 Å². The predicted octanol–water partition coefficient (Wildman–Crippen LogP) is 6.07. The number of nitrogens with one attached hydrogen (secondary N) is 3. The lowest BCUT2D eigenvalue weighted by Crippen LogP contribution is -2.43. The molecular formula is C30H26FN5O4S. The molecule has 3 N–H and O–H groups in total. The van der Waals surface area contributed by atoms with Gasteiger partial charge in [0.15, 0.2) is 5.17 Å². The number of hydrogen-bond acceptors (Lipinski definition) is 6. The Balaban J connectivity index is 1.25. The molecule has 41 heavy (non-hydrogen) atoms. The number of furan rings is 1. The number of aliphatic imine (C=N–C) groups is 1. The maximum atomic E-state index is 13.8. The molecule has 1 aliphatic rings. The molecule has 208 valence electrons. The van der Waals surface area contributed by atoms with Crippen molar-refractivity contribution < 1.29 is 23.2 Å². The summed E-state index contributed by atoms with van der Waals surface area (Å²) in [5, 5.41) is 7.87. The minimum absolute atomic E-state index is 0.181. The van der Waals surface area contributed by atoms with Crippen LogP contribution in [-0.2, 0) is 16.1 Å². The van der Waals surface area contributed by atoms with Gasteiger partial charge in [0.2, 0.25) is 11.8 Å². The molecule has 3 aromatic carbocycles. The normalized spacial score (nSPS) is 16.4. The number of hydrogen-bond donors (Lipinski definition) is 3. The van der Waals surface area contributed by atoms with Crippen molar-refractivity contribution in [1.29, 1.82) is 0 Å². The molecule has 1 unspecified atom stereocenters. The van der Waals surface area contributed by atoms with E-state index in [1.54, 1.807) is 79.7 Å². The summed E-state index contributed by atoms with van der Waals surface area (Å²) < 4.78 is 19.2. The van der Waals surface area contributed by atoms with E-state index in [0.29, 0.717) is 33.6 Å². The molecule has 9 nitrogen and oxygen atoms in total. The topological polar surface area (TPSA) is 116 Å². The third-order valence-corrected chi connectivity index (χ3v) is 7.36. The molecule has 0 bridgehead atoms. The minimum Gasteiger partial charge on any atom is -0.467 e. The Kier molecular flexibility index (Phi) is 8.44. The number of benzene rings is 3. The molecule has 0 saturated carbocycles. The number of nitrogens with zero attached hydrogens (tertiary/aromatic N) is 2. The second kappa shape index (κ2) is 12.5. The minimum atomic E-state index is -0.804. The summed E-state index contributed by atoms with van der Waals surface area (Å²) in [6, 6.07) is 23.8. The zero-order chi connectivity index (χ0) is 28.8. The van der Waals surface area contributed by atoms with Gasteiger partial charge in [0.05, 0.1) is 18.5 Å². The van der Waals surface area contributed by atoms with Crippen molar-refractivity contribution in [3.05, 3.63) is 114 Å². The molecule has 0 spiro atoms. The lowest BCUT2D eigenvalue weighted by molar-refractivity contribution is -0.126. The Morgan fingerprint density at radius 1 is 0.976 bits per heavy atom. The Hall–Kier alpha value is -4.90. The number of amides is 4. The summed E-state index contributed by atoms with van der Waals surface area (Å²) in [5.74, 6) is -0.430. The van der Waals surface area contributed by atoms with Gasteiger partial charge in [-0.05, 0) is 67.1 Å². The Morgan fingerprint density at radius 2 is 1.73 bits per heavy atom. The van der Waals surface area contributed by atoms with Crippen molar-refractivity contribution in [3.8, 4) is 0 Å². The monoisotopic (exact) mass is 571 g/mol. The standard InChI is InChI=1S/C30H26FN5O4S/c1-19(32-29(39)34-22-8-3-2-4-9-22)27(37)33-23-14-12-20(13-15-23)26-28(38)36(18-25-11-6-16-40-25)30(41-26)35-24-10-5-7-21(31)17-24/h2-17,19,26H,18H2,1H3,(H,33,37)(H2,32,34,39)/t19-,26?/m1/s1. The first kappa shape index (κ1) is 27.7. The van der Waals surface area contributed by atoms with Crippen LogP contribution in [0.25, 0.3) is 0 Å². The lowest BCUT2D eigenvalue weighted by atomic mass is 10.1. The molecule has 0 aliphatic carbocycles. The van der Waals surface area contributed by atoms with Crippen LogP contribution < -0.4 is 16.0 Å². The average molecular weight is 572 g/mol. The number of para-hydroxylation sites is 1. The molecular weight excluding hydrogens is 545 g/mol. The molecule has 2 atom stereocenters. The summed E-state index contributed by atoms with van der Waals surface area (Å²) in [6.45, 7) is 1.76. The van der Waals surface area contributed by atoms with E-state index in [-0.39, 0.29) is 12.5 Å². The van der Waals surface area contributed by atoms with E-state index in [0.717, 1.165) is 0 Å². The van der Waals surface area contributed by atoms with Gasteiger partial charge >= 0.3 is 6.03 Å². The molecule has 1 saturated heterocycles. The largest absolute Gasteiger partial charge is 0.467 e. The quantitative estimate of drug-likeness (QED) is 0.237. The summed E-state index contributed by atoms with van der Waals surface area (Å²) >= 11 is 1.26. The summed E-state index contributed by atoms with van der Waals surface area (Å²) in [4.78, 5) is 44.4. The summed E-state index contributed by atoms with van der Waals surface area (Å²) in [7, 11) is 0. The van der Waals surface area contributed by atoms with E-state index in [1.807, 2.05) is 6.07 Å². The fraction of sp³-hybridized carbons (Fsp3) is 0.133. The number of carbonyl (C=O) groups is 3. The van der Waals surface area contributed by atoms with Crippen LogP contribution in [0.3, 0.4) is 0 Å². The highest BCUT2D eigenvalue weighted by atomic mass is 32.2. The van der Waals surface area contributed by atoms with Gasteiger partial charge in [0.25, 0.3) is 0 Å². The van der Waals surface area contributed by atoms with E-state index >= 15 is 0 Å². The first-order valence-corrected chi connectivity index (χ1v) is 13.6. The van der Waals surface area contributed by atoms with Crippen LogP contribution in [0.15, 0.2) is 107 Å². The maximum Gasteiger partial charge on any atom is 0.319 e. The van der Waals surface area contributed by atoms with Crippen LogP contribution in [0.1, 0.15) is 23.5 Å². The zero-order valence-corrected chi connectivity index (χ0v) is 22.7. The highest BCUT2D eigenvalue weighted by molar-refractivity contribution is 8.15. The number of rotatable bonds is 8. The molecule has 11 heteroatoms. The molecule has 5 rings (SSSR count). The fourth-order valence-corrected chi connectivity index (χ4v) is 5.23. The Bertz CT molecular complexity index is 1560. The van der Waals surface area contributed by atoms with Crippen molar-refractivity contribution in [2.24, 2.45) is 4.99 Å². The fourth-order valence-electron chi connectivity index (χ4n) is 4.06. The van der Waals surface area contributed by atoms with E-state index < -0.39 is 29.0 Å². The van der Waals surface area contributed by atoms with Crippen LogP contribution in [0.4, 0.5) is 26.2 Å². The Morgan fingerprint density at radius 3 is 2.44 bits per heavy atom. The highest BCUT2D eigenvalue weighted by Gasteiger charge is 2.39. The van der Waals surface area contributed by atoms with Gasteiger partial charge in [-0.2, -0.15) is 0 Å². The number of amidine groups is 1. The van der Waals surface area contributed by atoms with Crippen molar-refractivity contribution in [3.63, 3.8) is 0 Å². The number of anilines is 2. The second-order valence-corrected chi connectivity index (χ2v) is 10.2. The number of thioether (sulfide) groups is 1. The van der Waals surface area contributed by atoms with Gasteiger partial charge in [0, 0.05) is 11.4 Å². The van der Waals surface area contributed by atoms with Gasteiger partial charge in [-0.25, -0.2) is 14.2 Å². The molecule has 0 radical (unpaired) electrons. The zero-order valence-electron chi connectivity index (χ0n) is 21.9. The first-order chi connectivity index (χ1) is 19.9. The first-order valence-electron chi connectivity index (χ1n) is 12.7. The molecule has 4 aromatic rings. The molecule has 1 aromatic heterocycles. The predicted molar refractivity (Wildman–Crippen MR) is 156 cm³/mol. The van der Waals surface area contributed by atoms with Crippen LogP contribution in [0.5, 0.6) is 0 Å². The van der Waals surface area contributed by atoms with Gasteiger partial charge < -0.3 is 20.4 Å². The summed E-state index contributed by atoms with van der Waals surface area (Å²) in [6.07, 6.45) is 1.53. The number of halogens is 1. The van der Waals surface area contributed by atoms with Crippen LogP contribution in [-0.4, -0.2) is 34.0 Å². The smallest absolute Gasteiger partial charge is 0.319 e. The average Bonchev–Trinajstić information content (AvgIpc) is 3.58. The van der Waals surface area contributed by atoms with E-state index in [9.17, 15) is 18.8 Å². The lowest BCUT2D eigenvalue weighted by Gasteiger charge is -2.16. The van der Waals surface area contributed by atoms with E-state index in [1.165, 1.54) is 35.1 Å². The highest BCUT2D eigenvalue weighted by Crippen LogP contribution is 2.41. The number of carbonyl (C=O) groups excluding carboxylic acids is 3. The van der Waals surface area contributed by atoms with E-state index in [2.05, 4.69) is 20.9 Å². The SMILES string of the molecule is C[C@@H](NC(=O)Nc1ccccc1)C(=O)Nc1ccc(C2SC(=Nc3cccc(F)c3)N(Cc3ccco3)C2=O)cc1. The van der Waals surface area contributed by atoms with Crippen molar-refractivity contribution >= 4 is 51.8 Å². The third kappa shape index (κ3) is 7.00. The van der Waals surface area contributed by atoms with Crippen LogP contribution >= 0.6 is 11.8 Å². The van der Waals surface area contributed by atoms with Gasteiger partial charge in [0.1, 0.15) is 22.9 Å². The van der Waals surface area contributed by atoms with Crippen molar-refractivity contribution in [2.75, 3.05) is 10.6 Å².